The Morgan fingerprint density at radius 1 is 1.50 bits per heavy atom. The van der Waals surface area contributed by atoms with Gasteiger partial charge in [0.15, 0.2) is 0 Å². The highest BCUT2D eigenvalue weighted by Gasteiger charge is 2.28. The van der Waals surface area contributed by atoms with E-state index in [0.717, 1.165) is 19.4 Å². The fraction of sp³-hybridized carbons (Fsp3) is 0.929. The SMILES string of the molecule is CC(C)NC(C)(C#N)CC(C)OCC1CCCO1. The van der Waals surface area contributed by atoms with Crippen LogP contribution in [0.2, 0.25) is 0 Å². The molecule has 3 unspecified atom stereocenters. The molecule has 18 heavy (non-hydrogen) atoms. The summed E-state index contributed by atoms with van der Waals surface area (Å²) in [4.78, 5) is 0. The Kier molecular flexibility index (Phi) is 6.07. The molecular formula is C14H26N2O2. The van der Waals surface area contributed by atoms with Crippen molar-refractivity contribution in [3.05, 3.63) is 0 Å². The van der Waals surface area contributed by atoms with Gasteiger partial charge in [0.2, 0.25) is 0 Å². The second kappa shape index (κ2) is 7.08. The summed E-state index contributed by atoms with van der Waals surface area (Å²) < 4.78 is 11.3. The molecular weight excluding hydrogens is 228 g/mol. The highest BCUT2D eigenvalue weighted by Crippen LogP contribution is 2.17. The van der Waals surface area contributed by atoms with E-state index in [1.165, 1.54) is 0 Å². The van der Waals surface area contributed by atoms with Gasteiger partial charge in [0.1, 0.15) is 5.54 Å². The second-order valence-corrected chi connectivity index (χ2v) is 5.73. The van der Waals surface area contributed by atoms with Gasteiger partial charge in [0, 0.05) is 19.1 Å². The lowest BCUT2D eigenvalue weighted by Gasteiger charge is -2.29. The summed E-state index contributed by atoms with van der Waals surface area (Å²) in [6.45, 7) is 9.55. The van der Waals surface area contributed by atoms with Crippen molar-refractivity contribution < 1.29 is 9.47 Å². The number of nitrogens with one attached hydrogen (secondary N) is 1. The van der Waals surface area contributed by atoms with Crippen molar-refractivity contribution in [2.24, 2.45) is 0 Å². The van der Waals surface area contributed by atoms with E-state index in [2.05, 4.69) is 11.4 Å². The molecule has 4 heteroatoms. The van der Waals surface area contributed by atoms with E-state index in [-0.39, 0.29) is 12.2 Å². The topological polar surface area (TPSA) is 54.3 Å². The van der Waals surface area contributed by atoms with Gasteiger partial charge in [0.05, 0.1) is 24.9 Å². The summed E-state index contributed by atoms with van der Waals surface area (Å²) in [5, 5.41) is 12.6. The minimum atomic E-state index is -0.524. The van der Waals surface area contributed by atoms with E-state index in [0.29, 0.717) is 19.1 Å². The zero-order chi connectivity index (χ0) is 13.6. The van der Waals surface area contributed by atoms with Crippen LogP contribution in [0.1, 0.15) is 47.0 Å². The molecule has 0 aromatic heterocycles. The maximum absolute atomic E-state index is 9.27. The third kappa shape index (κ3) is 5.34. The van der Waals surface area contributed by atoms with Crippen molar-refractivity contribution in [3.8, 4) is 6.07 Å². The number of nitriles is 1. The molecule has 0 amide bonds. The van der Waals surface area contributed by atoms with E-state index in [1.54, 1.807) is 0 Å². The van der Waals surface area contributed by atoms with Crippen LogP contribution < -0.4 is 5.32 Å². The van der Waals surface area contributed by atoms with Gasteiger partial charge in [-0.2, -0.15) is 5.26 Å². The predicted molar refractivity (Wildman–Crippen MR) is 71.3 cm³/mol. The fourth-order valence-electron chi connectivity index (χ4n) is 2.46. The van der Waals surface area contributed by atoms with E-state index >= 15 is 0 Å². The minimum Gasteiger partial charge on any atom is -0.376 e. The van der Waals surface area contributed by atoms with Crippen molar-refractivity contribution in [2.75, 3.05) is 13.2 Å². The molecule has 1 aliphatic rings. The Morgan fingerprint density at radius 3 is 2.72 bits per heavy atom. The van der Waals surface area contributed by atoms with Crippen LogP contribution in [0.15, 0.2) is 0 Å². The van der Waals surface area contributed by atoms with Gasteiger partial charge in [-0.15, -0.1) is 0 Å². The van der Waals surface area contributed by atoms with Crippen LogP contribution in [0.25, 0.3) is 0 Å². The molecule has 0 radical (unpaired) electrons. The lowest BCUT2D eigenvalue weighted by Crippen LogP contribution is -2.47. The van der Waals surface area contributed by atoms with Crippen LogP contribution in [0.4, 0.5) is 0 Å². The quantitative estimate of drug-likeness (QED) is 0.757. The number of hydrogen-bond donors (Lipinski definition) is 1. The van der Waals surface area contributed by atoms with E-state index < -0.39 is 5.54 Å². The van der Waals surface area contributed by atoms with Crippen molar-refractivity contribution >= 4 is 0 Å². The van der Waals surface area contributed by atoms with Gasteiger partial charge in [-0.3, -0.25) is 5.32 Å². The van der Waals surface area contributed by atoms with Crippen LogP contribution in [-0.2, 0) is 9.47 Å². The summed E-state index contributed by atoms with van der Waals surface area (Å²) in [5.74, 6) is 0. The van der Waals surface area contributed by atoms with Gasteiger partial charge in [0.25, 0.3) is 0 Å². The molecule has 4 nitrogen and oxygen atoms in total. The monoisotopic (exact) mass is 254 g/mol. The normalized spacial score (nSPS) is 24.8. The average molecular weight is 254 g/mol. The Balaban J connectivity index is 2.32. The number of hydrogen-bond acceptors (Lipinski definition) is 4. The Hall–Kier alpha value is -0.630. The Bertz CT molecular complexity index is 282. The molecule has 0 aliphatic carbocycles. The predicted octanol–water partition coefficient (Wildman–Crippen LogP) is 2.24. The molecule has 0 saturated carbocycles. The highest BCUT2D eigenvalue weighted by molar-refractivity contribution is 5.05. The number of ether oxygens (including phenoxy) is 2. The van der Waals surface area contributed by atoms with Gasteiger partial charge in [-0.1, -0.05) is 0 Å². The molecule has 0 spiro atoms. The first-order chi connectivity index (χ1) is 8.45. The maximum Gasteiger partial charge on any atom is 0.106 e. The molecule has 0 aromatic carbocycles. The lowest BCUT2D eigenvalue weighted by molar-refractivity contribution is -0.0220. The van der Waals surface area contributed by atoms with Crippen molar-refractivity contribution in [1.29, 1.82) is 5.26 Å². The highest BCUT2D eigenvalue weighted by atomic mass is 16.5. The second-order valence-electron chi connectivity index (χ2n) is 5.73. The molecule has 1 saturated heterocycles. The standard InChI is InChI=1S/C14H26N2O2/c1-11(2)16-14(4,10-15)8-12(3)18-9-13-6-5-7-17-13/h11-13,16H,5-9H2,1-4H3. The third-order valence-electron chi connectivity index (χ3n) is 3.14. The molecule has 1 rings (SSSR count). The van der Waals surface area contributed by atoms with Crippen LogP contribution >= 0.6 is 0 Å². The lowest BCUT2D eigenvalue weighted by atomic mass is 9.95. The fourth-order valence-corrected chi connectivity index (χ4v) is 2.46. The summed E-state index contributed by atoms with van der Waals surface area (Å²) >= 11 is 0. The van der Waals surface area contributed by atoms with Gasteiger partial charge in [-0.05, 0) is 40.5 Å². The summed E-state index contributed by atoms with van der Waals surface area (Å²) in [6, 6.07) is 2.64. The summed E-state index contributed by atoms with van der Waals surface area (Å²) in [6.07, 6.45) is 3.22. The third-order valence-corrected chi connectivity index (χ3v) is 3.14. The zero-order valence-corrected chi connectivity index (χ0v) is 12.0. The summed E-state index contributed by atoms with van der Waals surface area (Å²) in [5.41, 5.74) is -0.524. The molecule has 1 heterocycles. The summed E-state index contributed by atoms with van der Waals surface area (Å²) in [7, 11) is 0. The molecule has 3 atom stereocenters. The van der Waals surface area contributed by atoms with E-state index in [9.17, 15) is 5.26 Å². The zero-order valence-electron chi connectivity index (χ0n) is 12.0. The van der Waals surface area contributed by atoms with E-state index in [4.69, 9.17) is 9.47 Å². The molecule has 1 aliphatic heterocycles. The Morgan fingerprint density at radius 2 is 2.22 bits per heavy atom. The van der Waals surface area contributed by atoms with Crippen molar-refractivity contribution in [2.45, 2.75) is 70.7 Å². The smallest absolute Gasteiger partial charge is 0.106 e. The van der Waals surface area contributed by atoms with Crippen LogP contribution in [-0.4, -0.2) is 37.0 Å². The van der Waals surface area contributed by atoms with Crippen LogP contribution in [0.5, 0.6) is 0 Å². The minimum absolute atomic E-state index is 0.0603. The number of nitrogens with zero attached hydrogens (tertiary/aromatic N) is 1. The molecule has 1 fully saturated rings. The van der Waals surface area contributed by atoms with Crippen molar-refractivity contribution in [3.63, 3.8) is 0 Å². The molecule has 104 valence electrons. The van der Waals surface area contributed by atoms with Crippen LogP contribution in [0.3, 0.4) is 0 Å². The first kappa shape index (κ1) is 15.4. The van der Waals surface area contributed by atoms with Crippen molar-refractivity contribution in [1.82, 2.24) is 5.32 Å². The first-order valence-corrected chi connectivity index (χ1v) is 6.87. The maximum atomic E-state index is 9.27. The largest absolute Gasteiger partial charge is 0.376 e. The average Bonchev–Trinajstić information content (AvgIpc) is 2.78. The molecule has 0 bridgehead atoms. The van der Waals surface area contributed by atoms with Gasteiger partial charge < -0.3 is 9.47 Å². The molecule has 0 aromatic rings. The van der Waals surface area contributed by atoms with Gasteiger partial charge in [-0.25, -0.2) is 0 Å². The van der Waals surface area contributed by atoms with E-state index in [1.807, 2.05) is 27.7 Å². The van der Waals surface area contributed by atoms with Gasteiger partial charge >= 0.3 is 0 Å². The number of rotatable bonds is 7. The molecule has 1 N–H and O–H groups in total. The Labute approximate surface area is 111 Å². The first-order valence-electron chi connectivity index (χ1n) is 6.87. The van der Waals surface area contributed by atoms with Crippen LogP contribution in [0, 0.1) is 11.3 Å².